The molecule has 0 aliphatic rings. The molecule has 1 atom stereocenters. The molecule has 2 N–H and O–H groups in total. The van der Waals surface area contributed by atoms with Crippen molar-refractivity contribution in [3.8, 4) is 17.6 Å². The van der Waals surface area contributed by atoms with Gasteiger partial charge in [-0.15, -0.1) is 0 Å². The van der Waals surface area contributed by atoms with Gasteiger partial charge in [0.25, 0.3) is 0 Å². The highest BCUT2D eigenvalue weighted by molar-refractivity contribution is 5.56. The number of aromatic hydroxyl groups is 2. The molecule has 2 aromatic carbocycles. The Hall–Kier alpha value is -2.73. The molecule has 0 radical (unpaired) electrons. The Morgan fingerprint density at radius 1 is 1.05 bits per heavy atom. The van der Waals surface area contributed by atoms with Gasteiger partial charge in [-0.2, -0.15) is 5.26 Å². The topological polar surface area (TPSA) is 64.2 Å². The number of phenols is 2. The zero-order valence-electron chi connectivity index (χ0n) is 11.1. The summed E-state index contributed by atoms with van der Waals surface area (Å²) in [6.07, 6.45) is 3.53. The smallest absolute Gasteiger partial charge is 0.157 e. The molecule has 0 aliphatic heterocycles. The second-order valence-electron chi connectivity index (χ2n) is 4.62. The fourth-order valence-corrected chi connectivity index (χ4v) is 1.85. The molecule has 0 spiro atoms. The maximum absolute atomic E-state index is 9.42. The third-order valence-electron chi connectivity index (χ3n) is 3.06. The number of nitriles is 1. The zero-order chi connectivity index (χ0) is 14.5. The molecule has 0 aromatic heterocycles. The van der Waals surface area contributed by atoms with Crippen molar-refractivity contribution < 1.29 is 10.2 Å². The molecule has 3 nitrogen and oxygen atoms in total. The number of hydrogen-bond donors (Lipinski definition) is 2. The summed E-state index contributed by atoms with van der Waals surface area (Å²) < 4.78 is 0. The van der Waals surface area contributed by atoms with Gasteiger partial charge in [0.05, 0.1) is 12.0 Å². The maximum atomic E-state index is 9.42. The van der Waals surface area contributed by atoms with Crippen molar-refractivity contribution in [2.75, 3.05) is 0 Å². The van der Waals surface area contributed by atoms with Crippen molar-refractivity contribution in [1.29, 1.82) is 5.26 Å². The molecule has 0 saturated heterocycles. The Labute approximate surface area is 118 Å². The minimum absolute atomic E-state index is 0.155. The molecule has 1 unspecified atom stereocenters. The van der Waals surface area contributed by atoms with E-state index in [0.29, 0.717) is 0 Å². The Bertz CT molecular complexity index is 666. The van der Waals surface area contributed by atoms with Gasteiger partial charge >= 0.3 is 0 Å². The van der Waals surface area contributed by atoms with E-state index in [4.69, 9.17) is 0 Å². The van der Waals surface area contributed by atoms with Crippen LogP contribution in [0.4, 0.5) is 0 Å². The molecule has 2 rings (SSSR count). The molecular formula is C17H15NO2. The second kappa shape index (κ2) is 5.94. The van der Waals surface area contributed by atoms with Crippen LogP contribution in [-0.2, 0) is 0 Å². The van der Waals surface area contributed by atoms with E-state index in [1.54, 1.807) is 18.2 Å². The molecule has 0 heterocycles. The molecule has 20 heavy (non-hydrogen) atoms. The lowest BCUT2D eigenvalue weighted by molar-refractivity contribution is 0.403. The first kappa shape index (κ1) is 13.7. The molecule has 3 heteroatoms. The van der Waals surface area contributed by atoms with Gasteiger partial charge in [0, 0.05) is 0 Å². The fourth-order valence-electron chi connectivity index (χ4n) is 1.85. The number of hydrogen-bond acceptors (Lipinski definition) is 3. The van der Waals surface area contributed by atoms with E-state index in [9.17, 15) is 15.5 Å². The molecular weight excluding hydrogens is 250 g/mol. The van der Waals surface area contributed by atoms with Crippen molar-refractivity contribution in [1.82, 2.24) is 0 Å². The zero-order valence-corrected chi connectivity index (χ0v) is 11.1. The van der Waals surface area contributed by atoms with Gasteiger partial charge in [0.1, 0.15) is 0 Å². The van der Waals surface area contributed by atoms with Crippen molar-refractivity contribution in [2.45, 2.75) is 12.8 Å². The van der Waals surface area contributed by atoms with Crippen LogP contribution in [0, 0.1) is 18.3 Å². The summed E-state index contributed by atoms with van der Waals surface area (Å²) >= 11 is 0. The SMILES string of the molecule is Cc1ccc(C(C#N)C=Cc2ccc(O)c(O)c2)cc1. The van der Waals surface area contributed by atoms with E-state index in [2.05, 4.69) is 6.07 Å². The lowest BCUT2D eigenvalue weighted by Crippen LogP contribution is -1.91. The van der Waals surface area contributed by atoms with E-state index < -0.39 is 0 Å². The van der Waals surface area contributed by atoms with Gasteiger partial charge in [-0.05, 0) is 30.2 Å². The number of rotatable bonds is 3. The van der Waals surface area contributed by atoms with Crippen LogP contribution in [0.15, 0.2) is 48.5 Å². The first-order chi connectivity index (χ1) is 9.60. The van der Waals surface area contributed by atoms with Crippen LogP contribution in [0.5, 0.6) is 11.5 Å². The predicted molar refractivity (Wildman–Crippen MR) is 78.3 cm³/mol. The number of nitrogens with zero attached hydrogens (tertiary/aromatic N) is 1. The molecule has 0 fully saturated rings. The van der Waals surface area contributed by atoms with Crippen molar-refractivity contribution in [3.63, 3.8) is 0 Å². The average molecular weight is 265 g/mol. The van der Waals surface area contributed by atoms with Crippen LogP contribution >= 0.6 is 0 Å². The van der Waals surface area contributed by atoms with Gasteiger partial charge in [-0.1, -0.05) is 48.0 Å². The van der Waals surface area contributed by atoms with Gasteiger partial charge in [0.2, 0.25) is 0 Å². The van der Waals surface area contributed by atoms with Crippen molar-refractivity contribution >= 4 is 6.08 Å². The van der Waals surface area contributed by atoms with Crippen LogP contribution in [0.25, 0.3) is 6.08 Å². The fraction of sp³-hybridized carbons (Fsp3) is 0.118. The monoisotopic (exact) mass is 265 g/mol. The van der Waals surface area contributed by atoms with E-state index in [1.165, 1.54) is 12.1 Å². The minimum atomic E-state index is -0.341. The van der Waals surface area contributed by atoms with Gasteiger partial charge < -0.3 is 10.2 Å². The maximum Gasteiger partial charge on any atom is 0.157 e. The first-order valence-electron chi connectivity index (χ1n) is 6.26. The first-order valence-corrected chi connectivity index (χ1v) is 6.26. The Balaban J connectivity index is 2.21. The highest BCUT2D eigenvalue weighted by Gasteiger charge is 2.06. The highest BCUT2D eigenvalue weighted by atomic mass is 16.3. The Morgan fingerprint density at radius 3 is 2.35 bits per heavy atom. The predicted octanol–water partition coefficient (Wildman–Crippen LogP) is 3.73. The quantitative estimate of drug-likeness (QED) is 0.831. The van der Waals surface area contributed by atoms with E-state index >= 15 is 0 Å². The summed E-state index contributed by atoms with van der Waals surface area (Å²) in [5, 5.41) is 27.9. The molecule has 0 amide bonds. The number of aryl methyl sites for hydroxylation is 1. The van der Waals surface area contributed by atoms with Crippen LogP contribution in [0.1, 0.15) is 22.6 Å². The van der Waals surface area contributed by atoms with Crippen LogP contribution < -0.4 is 0 Å². The van der Waals surface area contributed by atoms with E-state index in [0.717, 1.165) is 16.7 Å². The Kier molecular flexibility index (Phi) is 4.07. The highest BCUT2D eigenvalue weighted by Crippen LogP contribution is 2.26. The third kappa shape index (κ3) is 3.18. The standard InChI is InChI=1S/C17H15NO2/c1-12-2-6-14(7-3-12)15(11-18)8-4-13-5-9-16(19)17(20)10-13/h2-10,15,19-20H,1H3. The van der Waals surface area contributed by atoms with E-state index in [-0.39, 0.29) is 17.4 Å². The largest absolute Gasteiger partial charge is 0.504 e. The summed E-state index contributed by atoms with van der Waals surface area (Å²) in [5.74, 6) is -0.667. The molecule has 0 aliphatic carbocycles. The number of benzene rings is 2. The van der Waals surface area contributed by atoms with Crippen molar-refractivity contribution in [3.05, 3.63) is 65.2 Å². The summed E-state index contributed by atoms with van der Waals surface area (Å²) in [7, 11) is 0. The third-order valence-corrected chi connectivity index (χ3v) is 3.06. The van der Waals surface area contributed by atoms with Gasteiger partial charge in [-0.3, -0.25) is 0 Å². The lowest BCUT2D eigenvalue weighted by Gasteiger charge is -2.05. The molecule has 2 aromatic rings. The van der Waals surface area contributed by atoms with Crippen LogP contribution in [0.2, 0.25) is 0 Å². The van der Waals surface area contributed by atoms with E-state index in [1.807, 2.05) is 31.2 Å². The summed E-state index contributed by atoms with van der Waals surface area (Å²) in [5.41, 5.74) is 2.81. The summed E-state index contributed by atoms with van der Waals surface area (Å²) in [6.45, 7) is 2.00. The van der Waals surface area contributed by atoms with Crippen LogP contribution in [0.3, 0.4) is 0 Å². The second-order valence-corrected chi connectivity index (χ2v) is 4.62. The summed E-state index contributed by atoms with van der Waals surface area (Å²) in [6, 6.07) is 14.6. The Morgan fingerprint density at radius 2 is 1.75 bits per heavy atom. The normalized spacial score (nSPS) is 12.2. The molecule has 100 valence electrons. The lowest BCUT2D eigenvalue weighted by atomic mass is 9.98. The van der Waals surface area contributed by atoms with Gasteiger partial charge in [-0.25, -0.2) is 0 Å². The van der Waals surface area contributed by atoms with Crippen molar-refractivity contribution in [2.24, 2.45) is 0 Å². The number of phenolic OH excluding ortho intramolecular Hbond substituents is 2. The van der Waals surface area contributed by atoms with Gasteiger partial charge in [0.15, 0.2) is 11.5 Å². The average Bonchev–Trinajstić information content (AvgIpc) is 2.45. The number of allylic oxidation sites excluding steroid dienone is 1. The minimum Gasteiger partial charge on any atom is -0.504 e. The summed E-state index contributed by atoms with van der Waals surface area (Å²) in [4.78, 5) is 0. The molecule has 0 bridgehead atoms. The molecule has 0 saturated carbocycles. The van der Waals surface area contributed by atoms with Crippen LogP contribution in [-0.4, -0.2) is 10.2 Å².